The van der Waals surface area contributed by atoms with Crippen molar-refractivity contribution in [3.8, 4) is 0 Å². The van der Waals surface area contributed by atoms with E-state index in [1.165, 1.54) is 11.2 Å². The second kappa shape index (κ2) is 3.62. The summed E-state index contributed by atoms with van der Waals surface area (Å²) in [6.45, 7) is 0. The van der Waals surface area contributed by atoms with Gasteiger partial charge in [-0.05, 0) is 12.1 Å². The Morgan fingerprint density at radius 2 is 2.00 bits per heavy atom. The maximum absolute atomic E-state index is 11.3. The van der Waals surface area contributed by atoms with Crippen LogP contribution in [-0.4, -0.2) is 17.1 Å². The number of hydrogen-bond acceptors (Lipinski definition) is 4. The van der Waals surface area contributed by atoms with Gasteiger partial charge >= 0.3 is 0 Å². The lowest BCUT2D eigenvalue weighted by molar-refractivity contribution is -0.122. The number of nitrogens with zero attached hydrogens (tertiary/aromatic N) is 1. The Kier molecular flexibility index (Phi) is 2.31. The highest BCUT2D eigenvalue weighted by atomic mass is 16.3. The number of nitrogens with two attached hydrogens (primary N) is 1. The van der Waals surface area contributed by atoms with Gasteiger partial charge in [-0.15, -0.1) is 0 Å². The molecular formula is C10H11N3O2. The Balaban J connectivity index is 2.30. The van der Waals surface area contributed by atoms with Crippen molar-refractivity contribution >= 4 is 11.6 Å². The molecule has 0 saturated carbocycles. The molecule has 1 atom stereocenters. The van der Waals surface area contributed by atoms with Crippen LogP contribution in [0.1, 0.15) is 0 Å². The maximum Gasteiger partial charge on any atom is 0.263 e. The first-order valence-corrected chi connectivity index (χ1v) is 4.49. The van der Waals surface area contributed by atoms with Crippen molar-refractivity contribution in [1.82, 2.24) is 5.43 Å². The summed E-state index contributed by atoms with van der Waals surface area (Å²) in [6, 6.07) is 8.17. The predicted octanol–water partition coefficient (Wildman–Crippen LogP) is 0.264. The van der Waals surface area contributed by atoms with Gasteiger partial charge in [-0.25, -0.2) is 0 Å². The molecule has 1 heterocycles. The molecule has 0 aromatic heterocycles. The number of anilines is 1. The molecule has 1 aromatic carbocycles. The molecule has 2 rings (SSSR count). The molecule has 0 aliphatic carbocycles. The van der Waals surface area contributed by atoms with Crippen LogP contribution in [0.25, 0.3) is 0 Å². The molecule has 0 radical (unpaired) electrons. The summed E-state index contributed by atoms with van der Waals surface area (Å²) < 4.78 is 0. The van der Waals surface area contributed by atoms with Gasteiger partial charge in [-0.1, -0.05) is 18.2 Å². The molecule has 1 unspecified atom stereocenters. The molecule has 78 valence electrons. The van der Waals surface area contributed by atoms with Gasteiger partial charge in [0.15, 0.2) is 0 Å². The van der Waals surface area contributed by atoms with Crippen LogP contribution in [0.15, 0.2) is 42.3 Å². The summed E-state index contributed by atoms with van der Waals surface area (Å²) >= 11 is 0. The Morgan fingerprint density at radius 1 is 1.33 bits per heavy atom. The average Bonchev–Trinajstić information content (AvgIpc) is 2.26. The van der Waals surface area contributed by atoms with E-state index < -0.39 is 11.9 Å². The van der Waals surface area contributed by atoms with E-state index in [0.29, 0.717) is 0 Å². The van der Waals surface area contributed by atoms with Crippen molar-refractivity contribution in [3.05, 3.63) is 42.3 Å². The molecule has 0 saturated heterocycles. The number of para-hydroxylation sites is 1. The zero-order valence-electron chi connectivity index (χ0n) is 7.92. The summed E-state index contributed by atoms with van der Waals surface area (Å²) in [5, 5.41) is 10.8. The first kappa shape index (κ1) is 9.54. The highest BCUT2D eigenvalue weighted by molar-refractivity contribution is 5.87. The first-order chi connectivity index (χ1) is 7.18. The van der Waals surface area contributed by atoms with Crippen molar-refractivity contribution in [2.75, 3.05) is 5.01 Å². The quantitative estimate of drug-likeness (QED) is 0.614. The van der Waals surface area contributed by atoms with Gasteiger partial charge in [0.05, 0.1) is 11.9 Å². The van der Waals surface area contributed by atoms with Crippen LogP contribution in [0.2, 0.25) is 0 Å². The van der Waals surface area contributed by atoms with E-state index in [1.807, 2.05) is 18.2 Å². The highest BCUT2D eigenvalue weighted by Crippen LogP contribution is 2.15. The zero-order chi connectivity index (χ0) is 10.8. The second-order valence-corrected chi connectivity index (χ2v) is 3.21. The second-order valence-electron chi connectivity index (χ2n) is 3.21. The Morgan fingerprint density at radius 3 is 2.60 bits per heavy atom. The lowest BCUT2D eigenvalue weighted by atomic mass is 10.2. The number of benzene rings is 1. The Hall–Kier alpha value is -2.01. The largest absolute Gasteiger partial charge is 0.508 e. The number of hydrazine groups is 1. The minimum atomic E-state index is -0.982. The van der Waals surface area contributed by atoms with Gasteiger partial charge in [-0.3, -0.25) is 15.2 Å². The van der Waals surface area contributed by atoms with E-state index in [2.05, 4.69) is 5.43 Å². The predicted molar refractivity (Wildman–Crippen MR) is 55.8 cm³/mol. The number of carbonyl (C=O) groups is 1. The molecule has 5 nitrogen and oxygen atoms in total. The van der Waals surface area contributed by atoms with Gasteiger partial charge in [0.2, 0.25) is 0 Å². The van der Waals surface area contributed by atoms with Crippen LogP contribution in [0.3, 0.4) is 0 Å². The number of hydrogen-bond donors (Lipinski definition) is 3. The minimum absolute atomic E-state index is 0.150. The van der Waals surface area contributed by atoms with E-state index >= 15 is 0 Å². The van der Waals surface area contributed by atoms with Crippen LogP contribution < -0.4 is 16.2 Å². The topological polar surface area (TPSA) is 78.6 Å². The van der Waals surface area contributed by atoms with Crippen LogP contribution >= 0.6 is 0 Å². The molecule has 15 heavy (non-hydrogen) atoms. The summed E-state index contributed by atoms with van der Waals surface area (Å²) in [5.74, 6) is -0.582. The Bertz CT molecular complexity index is 402. The van der Waals surface area contributed by atoms with Crippen LogP contribution in [0.4, 0.5) is 5.69 Å². The van der Waals surface area contributed by atoms with Gasteiger partial charge in [0.25, 0.3) is 5.91 Å². The smallest absolute Gasteiger partial charge is 0.263 e. The van der Waals surface area contributed by atoms with Crippen molar-refractivity contribution in [3.63, 3.8) is 0 Å². The van der Waals surface area contributed by atoms with Crippen LogP contribution in [0.5, 0.6) is 0 Å². The van der Waals surface area contributed by atoms with E-state index in [1.54, 1.807) is 12.1 Å². The fourth-order valence-electron chi connectivity index (χ4n) is 1.30. The van der Waals surface area contributed by atoms with Crippen molar-refractivity contribution in [2.45, 2.75) is 6.04 Å². The monoisotopic (exact) mass is 205 g/mol. The summed E-state index contributed by atoms with van der Waals surface area (Å²) in [7, 11) is 0. The van der Waals surface area contributed by atoms with E-state index in [-0.39, 0.29) is 5.76 Å². The maximum atomic E-state index is 11.3. The third-order valence-electron chi connectivity index (χ3n) is 2.13. The average molecular weight is 205 g/mol. The van der Waals surface area contributed by atoms with Gasteiger partial charge in [-0.2, -0.15) is 0 Å². The van der Waals surface area contributed by atoms with E-state index in [9.17, 15) is 9.90 Å². The molecule has 5 heteroatoms. The first-order valence-electron chi connectivity index (χ1n) is 4.49. The number of rotatable bonds is 1. The van der Waals surface area contributed by atoms with Gasteiger partial charge in [0.1, 0.15) is 11.8 Å². The van der Waals surface area contributed by atoms with Crippen molar-refractivity contribution < 1.29 is 9.90 Å². The zero-order valence-corrected chi connectivity index (χ0v) is 7.92. The fraction of sp³-hybridized carbons (Fsp3) is 0.100. The highest BCUT2D eigenvalue weighted by Gasteiger charge is 2.25. The van der Waals surface area contributed by atoms with Crippen molar-refractivity contribution in [2.24, 2.45) is 5.73 Å². The number of nitrogens with one attached hydrogen (secondary N) is 1. The standard InChI is InChI=1S/C10H11N3O2/c11-9-8(14)6-13(12-10(9)15)7-4-2-1-3-5-7/h1-6,9,14H,11H2,(H,12,15). The summed E-state index contributed by atoms with van der Waals surface area (Å²) in [6.07, 6.45) is 1.39. The van der Waals surface area contributed by atoms with Crippen LogP contribution in [-0.2, 0) is 4.79 Å². The lowest BCUT2D eigenvalue weighted by Gasteiger charge is -2.28. The summed E-state index contributed by atoms with van der Waals surface area (Å²) in [5.41, 5.74) is 8.70. The van der Waals surface area contributed by atoms with E-state index in [4.69, 9.17) is 5.73 Å². The molecular weight excluding hydrogens is 194 g/mol. The molecule has 1 aromatic rings. The van der Waals surface area contributed by atoms with Crippen molar-refractivity contribution in [1.29, 1.82) is 0 Å². The SMILES string of the molecule is NC1C(=O)NN(c2ccccc2)C=C1O. The van der Waals surface area contributed by atoms with Gasteiger partial charge < -0.3 is 10.8 Å². The minimum Gasteiger partial charge on any atom is -0.508 e. The number of aliphatic hydroxyl groups is 1. The Labute approximate surface area is 86.8 Å². The summed E-state index contributed by atoms with van der Waals surface area (Å²) in [4.78, 5) is 11.3. The molecule has 1 aliphatic rings. The molecule has 4 N–H and O–H groups in total. The fourth-order valence-corrected chi connectivity index (χ4v) is 1.30. The number of aliphatic hydroxyl groups excluding tert-OH is 1. The molecule has 0 fully saturated rings. The molecule has 1 amide bonds. The number of amides is 1. The van der Waals surface area contributed by atoms with Gasteiger partial charge in [0, 0.05) is 0 Å². The van der Waals surface area contributed by atoms with E-state index in [0.717, 1.165) is 5.69 Å². The molecule has 1 aliphatic heterocycles. The molecule has 0 spiro atoms. The lowest BCUT2D eigenvalue weighted by Crippen LogP contribution is -2.52. The third kappa shape index (κ3) is 1.77. The molecule has 0 bridgehead atoms. The number of carbonyl (C=O) groups excluding carboxylic acids is 1. The normalized spacial score (nSPS) is 20.9. The van der Waals surface area contributed by atoms with Crippen LogP contribution in [0, 0.1) is 0 Å². The third-order valence-corrected chi connectivity index (χ3v) is 2.13.